The van der Waals surface area contributed by atoms with Gasteiger partial charge in [-0.15, -0.1) is 0 Å². The maximum atomic E-state index is 12.9. The van der Waals surface area contributed by atoms with Gasteiger partial charge in [0, 0.05) is 12.2 Å². The van der Waals surface area contributed by atoms with E-state index in [9.17, 15) is 9.18 Å². The van der Waals surface area contributed by atoms with E-state index >= 15 is 0 Å². The molecule has 0 spiro atoms. The van der Waals surface area contributed by atoms with Crippen molar-refractivity contribution in [2.45, 2.75) is 6.54 Å². The number of carboxylic acids is 1. The van der Waals surface area contributed by atoms with Crippen molar-refractivity contribution in [3.05, 3.63) is 65.5 Å². The molecule has 0 unspecified atom stereocenters. The number of nitrogens with one attached hydrogen (secondary N) is 1. The monoisotopic (exact) mass is 245 g/mol. The molecule has 0 amide bonds. The van der Waals surface area contributed by atoms with Gasteiger partial charge in [-0.3, -0.25) is 0 Å². The summed E-state index contributed by atoms with van der Waals surface area (Å²) >= 11 is 0. The van der Waals surface area contributed by atoms with E-state index in [0.29, 0.717) is 12.2 Å². The molecule has 2 aromatic rings. The average Bonchev–Trinajstić information content (AvgIpc) is 2.37. The van der Waals surface area contributed by atoms with Crippen LogP contribution in [0, 0.1) is 5.82 Å². The Morgan fingerprint density at radius 2 is 1.94 bits per heavy atom. The average molecular weight is 245 g/mol. The van der Waals surface area contributed by atoms with Gasteiger partial charge < -0.3 is 10.4 Å². The van der Waals surface area contributed by atoms with E-state index in [1.54, 1.807) is 24.3 Å². The molecule has 2 N–H and O–H groups in total. The summed E-state index contributed by atoms with van der Waals surface area (Å²) in [7, 11) is 0. The minimum atomic E-state index is -0.956. The lowest BCUT2D eigenvalue weighted by Gasteiger charge is -2.07. The van der Waals surface area contributed by atoms with Gasteiger partial charge in [-0.1, -0.05) is 18.2 Å². The number of halogens is 1. The third kappa shape index (κ3) is 3.07. The largest absolute Gasteiger partial charge is 0.478 e. The van der Waals surface area contributed by atoms with Crippen LogP contribution in [0.1, 0.15) is 15.9 Å². The summed E-state index contributed by atoms with van der Waals surface area (Å²) in [5, 5.41) is 11.9. The molecule has 2 aromatic carbocycles. The first-order chi connectivity index (χ1) is 8.65. The molecule has 2 rings (SSSR count). The highest BCUT2D eigenvalue weighted by atomic mass is 19.1. The number of rotatable bonds is 4. The second kappa shape index (κ2) is 5.31. The van der Waals surface area contributed by atoms with Crippen LogP contribution in [0.3, 0.4) is 0 Å². The third-order valence-electron chi connectivity index (χ3n) is 2.50. The molecule has 92 valence electrons. The summed E-state index contributed by atoms with van der Waals surface area (Å²) in [5.74, 6) is -1.26. The van der Waals surface area contributed by atoms with Crippen LogP contribution in [0.5, 0.6) is 0 Å². The van der Waals surface area contributed by atoms with Crippen molar-refractivity contribution < 1.29 is 14.3 Å². The number of carboxylic acid groups (broad SMARTS) is 1. The fourth-order valence-electron chi connectivity index (χ4n) is 1.62. The molecule has 3 nitrogen and oxygen atoms in total. The molecule has 0 radical (unpaired) electrons. The second-order valence-corrected chi connectivity index (χ2v) is 3.87. The van der Waals surface area contributed by atoms with Crippen LogP contribution in [0.25, 0.3) is 0 Å². The Balaban J connectivity index is 2.06. The Labute approximate surface area is 104 Å². The standard InChI is InChI=1S/C14H12FNO2/c15-12-5-2-6-13(8-12)16-9-10-3-1-4-11(7-10)14(17)18/h1-8,16H,9H2,(H,17,18). The Bertz CT molecular complexity index is 569. The highest BCUT2D eigenvalue weighted by molar-refractivity contribution is 5.87. The van der Waals surface area contributed by atoms with Crippen molar-refractivity contribution in [1.82, 2.24) is 0 Å². The van der Waals surface area contributed by atoms with Crippen LogP contribution in [-0.2, 0) is 6.54 Å². The molecule has 18 heavy (non-hydrogen) atoms. The molecule has 0 bridgehead atoms. The smallest absolute Gasteiger partial charge is 0.335 e. The van der Waals surface area contributed by atoms with Crippen LogP contribution < -0.4 is 5.32 Å². The predicted octanol–water partition coefficient (Wildman–Crippen LogP) is 3.14. The molecule has 0 aliphatic carbocycles. The molecule has 0 saturated heterocycles. The molecular formula is C14H12FNO2. The summed E-state index contributed by atoms with van der Waals surface area (Å²) < 4.78 is 12.9. The number of carbonyl (C=O) groups is 1. The highest BCUT2D eigenvalue weighted by Crippen LogP contribution is 2.12. The van der Waals surface area contributed by atoms with Crippen molar-refractivity contribution in [3.8, 4) is 0 Å². The maximum absolute atomic E-state index is 12.9. The van der Waals surface area contributed by atoms with Gasteiger partial charge in [0.1, 0.15) is 5.82 Å². The summed E-state index contributed by atoms with van der Waals surface area (Å²) in [5.41, 5.74) is 1.74. The molecule has 0 heterocycles. The maximum Gasteiger partial charge on any atom is 0.335 e. The molecular weight excluding hydrogens is 233 g/mol. The number of benzene rings is 2. The minimum Gasteiger partial charge on any atom is -0.478 e. The van der Waals surface area contributed by atoms with Gasteiger partial charge in [-0.25, -0.2) is 9.18 Å². The summed E-state index contributed by atoms with van der Waals surface area (Å²) in [6, 6.07) is 12.8. The van der Waals surface area contributed by atoms with E-state index in [-0.39, 0.29) is 11.4 Å². The number of anilines is 1. The van der Waals surface area contributed by atoms with Gasteiger partial charge in [-0.05, 0) is 35.9 Å². The quantitative estimate of drug-likeness (QED) is 0.870. The van der Waals surface area contributed by atoms with E-state index in [1.165, 1.54) is 18.2 Å². The molecule has 0 atom stereocenters. The van der Waals surface area contributed by atoms with Gasteiger partial charge in [0.15, 0.2) is 0 Å². The summed E-state index contributed by atoms with van der Waals surface area (Å²) in [6.07, 6.45) is 0. The van der Waals surface area contributed by atoms with Crippen molar-refractivity contribution in [2.75, 3.05) is 5.32 Å². The third-order valence-corrected chi connectivity index (χ3v) is 2.50. The van der Waals surface area contributed by atoms with Gasteiger partial charge in [-0.2, -0.15) is 0 Å². The van der Waals surface area contributed by atoms with Gasteiger partial charge in [0.25, 0.3) is 0 Å². The van der Waals surface area contributed by atoms with Gasteiger partial charge >= 0.3 is 5.97 Å². The minimum absolute atomic E-state index is 0.244. The van der Waals surface area contributed by atoms with Crippen LogP contribution in [0.15, 0.2) is 48.5 Å². The molecule has 0 aliphatic heterocycles. The van der Waals surface area contributed by atoms with Crippen LogP contribution >= 0.6 is 0 Å². The molecule has 0 aromatic heterocycles. The zero-order valence-corrected chi connectivity index (χ0v) is 9.56. The lowest BCUT2D eigenvalue weighted by molar-refractivity contribution is 0.0697. The Morgan fingerprint density at radius 1 is 1.17 bits per heavy atom. The van der Waals surface area contributed by atoms with Crippen molar-refractivity contribution >= 4 is 11.7 Å². The van der Waals surface area contributed by atoms with Crippen LogP contribution in [0.4, 0.5) is 10.1 Å². The first-order valence-corrected chi connectivity index (χ1v) is 5.47. The first kappa shape index (κ1) is 12.1. The normalized spacial score (nSPS) is 10.1. The van der Waals surface area contributed by atoms with Crippen molar-refractivity contribution in [1.29, 1.82) is 0 Å². The molecule has 0 fully saturated rings. The predicted molar refractivity (Wildman–Crippen MR) is 67.1 cm³/mol. The summed E-state index contributed by atoms with van der Waals surface area (Å²) in [4.78, 5) is 10.8. The van der Waals surface area contributed by atoms with E-state index < -0.39 is 5.97 Å². The Morgan fingerprint density at radius 3 is 2.67 bits per heavy atom. The highest BCUT2D eigenvalue weighted by Gasteiger charge is 2.03. The zero-order valence-electron chi connectivity index (χ0n) is 9.56. The number of hydrogen-bond donors (Lipinski definition) is 2. The molecule has 0 aliphatic rings. The van der Waals surface area contributed by atoms with Crippen molar-refractivity contribution in [3.63, 3.8) is 0 Å². The van der Waals surface area contributed by atoms with E-state index in [1.807, 2.05) is 6.07 Å². The van der Waals surface area contributed by atoms with Crippen LogP contribution in [0.2, 0.25) is 0 Å². The van der Waals surface area contributed by atoms with Crippen LogP contribution in [-0.4, -0.2) is 11.1 Å². The topological polar surface area (TPSA) is 49.3 Å². The van der Waals surface area contributed by atoms with E-state index in [4.69, 9.17) is 5.11 Å². The van der Waals surface area contributed by atoms with E-state index in [0.717, 1.165) is 5.56 Å². The fourth-order valence-corrected chi connectivity index (χ4v) is 1.62. The van der Waals surface area contributed by atoms with Crippen molar-refractivity contribution in [2.24, 2.45) is 0 Å². The van der Waals surface area contributed by atoms with Gasteiger partial charge in [0.2, 0.25) is 0 Å². The lowest BCUT2D eigenvalue weighted by atomic mass is 10.1. The van der Waals surface area contributed by atoms with E-state index in [2.05, 4.69) is 5.32 Å². The Kier molecular flexibility index (Phi) is 3.57. The second-order valence-electron chi connectivity index (χ2n) is 3.87. The molecule has 0 saturated carbocycles. The molecule has 4 heteroatoms. The lowest BCUT2D eigenvalue weighted by Crippen LogP contribution is -2.02. The SMILES string of the molecule is O=C(O)c1cccc(CNc2cccc(F)c2)c1. The summed E-state index contributed by atoms with van der Waals surface area (Å²) in [6.45, 7) is 0.449. The Hall–Kier alpha value is -2.36. The number of hydrogen-bond acceptors (Lipinski definition) is 2. The van der Waals surface area contributed by atoms with Gasteiger partial charge in [0.05, 0.1) is 5.56 Å². The first-order valence-electron chi connectivity index (χ1n) is 5.47. The fraction of sp³-hybridized carbons (Fsp3) is 0.0714. The number of aromatic carboxylic acids is 1. The zero-order chi connectivity index (χ0) is 13.0.